The first kappa shape index (κ1) is 20.7. The fourth-order valence-corrected chi connectivity index (χ4v) is 4.80. The van der Waals surface area contributed by atoms with E-state index in [0.717, 1.165) is 18.7 Å². The predicted molar refractivity (Wildman–Crippen MR) is 105 cm³/mol. The standard InChI is InChI=1S/C17H23Cl2N3O4S/c18-14-2-1-13(11-15(14)19)17(3-4-20-5-8-26-17)12-21-16(23)22-6-9-27(24,25)10-7-22/h1-2,11,20H,3-10,12H2,(H,21,23)/t17-/m1/s1. The number of hydrogen-bond donors (Lipinski definition) is 2. The van der Waals surface area contributed by atoms with Crippen molar-refractivity contribution in [2.45, 2.75) is 12.0 Å². The number of benzene rings is 1. The van der Waals surface area contributed by atoms with Gasteiger partial charge in [0.15, 0.2) is 9.84 Å². The predicted octanol–water partition coefficient (Wildman–Crippen LogP) is 1.64. The zero-order chi connectivity index (χ0) is 19.5. The molecule has 2 aliphatic heterocycles. The van der Waals surface area contributed by atoms with Crippen LogP contribution in [0.2, 0.25) is 10.0 Å². The Hall–Kier alpha value is -1.06. The van der Waals surface area contributed by atoms with E-state index in [-0.39, 0.29) is 37.2 Å². The van der Waals surface area contributed by atoms with Crippen LogP contribution < -0.4 is 10.6 Å². The van der Waals surface area contributed by atoms with Gasteiger partial charge in [-0.2, -0.15) is 0 Å². The molecule has 1 aromatic carbocycles. The molecule has 1 aromatic rings. The third kappa shape index (κ3) is 5.06. The molecular formula is C17H23Cl2N3O4S. The molecule has 0 radical (unpaired) electrons. The molecule has 0 spiro atoms. The summed E-state index contributed by atoms with van der Waals surface area (Å²) in [5.41, 5.74) is 0.122. The molecule has 1 atom stereocenters. The first-order valence-electron chi connectivity index (χ1n) is 8.85. The third-order valence-corrected chi connectivity index (χ3v) is 7.31. The van der Waals surface area contributed by atoms with Crippen molar-refractivity contribution < 1.29 is 17.9 Å². The van der Waals surface area contributed by atoms with Crippen molar-refractivity contribution in [2.75, 3.05) is 50.8 Å². The summed E-state index contributed by atoms with van der Waals surface area (Å²) in [7, 11) is -3.04. The summed E-state index contributed by atoms with van der Waals surface area (Å²) in [6.07, 6.45) is 0.652. The number of amides is 2. The molecule has 0 saturated carbocycles. The van der Waals surface area contributed by atoms with Gasteiger partial charge in [-0.05, 0) is 30.7 Å². The van der Waals surface area contributed by atoms with Crippen molar-refractivity contribution >= 4 is 39.1 Å². The summed E-state index contributed by atoms with van der Waals surface area (Å²) < 4.78 is 29.2. The van der Waals surface area contributed by atoms with E-state index in [1.54, 1.807) is 12.1 Å². The van der Waals surface area contributed by atoms with Gasteiger partial charge in [0.2, 0.25) is 0 Å². The smallest absolute Gasteiger partial charge is 0.317 e. The topological polar surface area (TPSA) is 87.7 Å². The van der Waals surface area contributed by atoms with Gasteiger partial charge < -0.3 is 20.3 Å². The SMILES string of the molecule is O=C(NC[C@@]1(c2ccc(Cl)c(Cl)c2)CCNCCO1)N1CCS(=O)(=O)CC1. The Balaban J connectivity index is 1.74. The molecule has 0 aromatic heterocycles. The van der Waals surface area contributed by atoms with E-state index in [2.05, 4.69) is 10.6 Å². The third-order valence-electron chi connectivity index (χ3n) is 4.97. The van der Waals surface area contributed by atoms with E-state index in [4.69, 9.17) is 27.9 Å². The molecule has 2 heterocycles. The zero-order valence-corrected chi connectivity index (χ0v) is 17.2. The highest BCUT2D eigenvalue weighted by molar-refractivity contribution is 7.91. The second-order valence-electron chi connectivity index (χ2n) is 6.77. The van der Waals surface area contributed by atoms with Gasteiger partial charge in [0.1, 0.15) is 5.60 Å². The first-order chi connectivity index (χ1) is 12.8. The van der Waals surface area contributed by atoms with Crippen LogP contribution >= 0.6 is 23.2 Å². The molecule has 150 valence electrons. The number of nitrogens with zero attached hydrogens (tertiary/aromatic N) is 1. The Morgan fingerprint density at radius 1 is 1.22 bits per heavy atom. The second kappa shape index (κ2) is 8.53. The van der Waals surface area contributed by atoms with E-state index in [1.165, 1.54) is 4.90 Å². The second-order valence-corrected chi connectivity index (χ2v) is 9.89. The van der Waals surface area contributed by atoms with Gasteiger partial charge in [-0.1, -0.05) is 29.3 Å². The van der Waals surface area contributed by atoms with Crippen LogP contribution in [0.15, 0.2) is 18.2 Å². The summed E-state index contributed by atoms with van der Waals surface area (Å²) in [4.78, 5) is 14.1. The number of nitrogens with one attached hydrogen (secondary N) is 2. The summed E-state index contributed by atoms with van der Waals surface area (Å²) in [5.74, 6) is -0.00243. The van der Waals surface area contributed by atoms with Crippen LogP contribution in [-0.4, -0.2) is 70.2 Å². The maximum atomic E-state index is 12.5. The molecule has 2 fully saturated rings. The minimum Gasteiger partial charge on any atom is -0.367 e. The normalized spacial score (nSPS) is 25.6. The largest absolute Gasteiger partial charge is 0.367 e. The quantitative estimate of drug-likeness (QED) is 0.753. The van der Waals surface area contributed by atoms with E-state index < -0.39 is 15.4 Å². The van der Waals surface area contributed by atoms with Gasteiger partial charge in [-0.25, -0.2) is 13.2 Å². The number of carbonyl (C=O) groups is 1. The Morgan fingerprint density at radius 3 is 2.67 bits per heavy atom. The van der Waals surface area contributed by atoms with Crippen molar-refractivity contribution in [1.29, 1.82) is 0 Å². The van der Waals surface area contributed by atoms with Crippen LogP contribution in [0.5, 0.6) is 0 Å². The maximum absolute atomic E-state index is 12.5. The molecule has 2 amide bonds. The van der Waals surface area contributed by atoms with Crippen LogP contribution in [0.4, 0.5) is 4.79 Å². The van der Waals surface area contributed by atoms with Crippen LogP contribution in [0.1, 0.15) is 12.0 Å². The fraction of sp³-hybridized carbons (Fsp3) is 0.588. The Labute approximate surface area is 169 Å². The maximum Gasteiger partial charge on any atom is 0.317 e. The average molecular weight is 436 g/mol. The van der Waals surface area contributed by atoms with Gasteiger partial charge in [-0.15, -0.1) is 0 Å². The van der Waals surface area contributed by atoms with Gasteiger partial charge in [0.25, 0.3) is 0 Å². The van der Waals surface area contributed by atoms with Crippen molar-refractivity contribution in [3.05, 3.63) is 33.8 Å². The number of ether oxygens (including phenoxy) is 1. The van der Waals surface area contributed by atoms with E-state index in [9.17, 15) is 13.2 Å². The molecule has 10 heteroatoms. The van der Waals surface area contributed by atoms with Gasteiger partial charge in [0, 0.05) is 19.6 Å². The molecular weight excluding hydrogens is 413 g/mol. The number of urea groups is 1. The summed E-state index contributed by atoms with van der Waals surface area (Å²) in [6, 6.07) is 5.07. The lowest BCUT2D eigenvalue weighted by Crippen LogP contribution is -2.51. The molecule has 2 aliphatic rings. The Bertz CT molecular complexity index is 781. The van der Waals surface area contributed by atoms with Crippen LogP contribution in [-0.2, 0) is 20.2 Å². The highest BCUT2D eigenvalue weighted by Gasteiger charge is 2.36. The summed E-state index contributed by atoms with van der Waals surface area (Å²) in [6.45, 7) is 2.62. The lowest BCUT2D eigenvalue weighted by atomic mass is 9.90. The van der Waals surface area contributed by atoms with Gasteiger partial charge in [-0.3, -0.25) is 0 Å². The van der Waals surface area contributed by atoms with E-state index in [1.807, 2.05) is 6.07 Å². The lowest BCUT2D eigenvalue weighted by Gasteiger charge is -2.35. The highest BCUT2D eigenvalue weighted by atomic mass is 35.5. The van der Waals surface area contributed by atoms with Crippen molar-refractivity contribution in [2.24, 2.45) is 0 Å². The molecule has 0 bridgehead atoms. The van der Waals surface area contributed by atoms with Crippen molar-refractivity contribution in [3.8, 4) is 0 Å². The minimum atomic E-state index is -3.04. The molecule has 0 aliphatic carbocycles. The van der Waals surface area contributed by atoms with Crippen LogP contribution in [0.25, 0.3) is 0 Å². The van der Waals surface area contributed by atoms with Crippen LogP contribution in [0, 0.1) is 0 Å². The highest BCUT2D eigenvalue weighted by Crippen LogP contribution is 2.34. The Kier molecular flexibility index (Phi) is 6.53. The fourth-order valence-electron chi connectivity index (χ4n) is 3.30. The molecule has 7 nitrogen and oxygen atoms in total. The number of rotatable bonds is 3. The summed E-state index contributed by atoms with van der Waals surface area (Å²) >= 11 is 12.2. The number of carbonyl (C=O) groups excluding carboxylic acids is 1. The van der Waals surface area contributed by atoms with Crippen molar-refractivity contribution in [1.82, 2.24) is 15.5 Å². The number of hydrogen-bond acceptors (Lipinski definition) is 5. The van der Waals surface area contributed by atoms with E-state index >= 15 is 0 Å². The lowest BCUT2D eigenvalue weighted by molar-refractivity contribution is -0.0403. The first-order valence-corrected chi connectivity index (χ1v) is 11.4. The van der Waals surface area contributed by atoms with Gasteiger partial charge >= 0.3 is 6.03 Å². The average Bonchev–Trinajstić information content (AvgIpc) is 2.88. The molecule has 2 N–H and O–H groups in total. The molecule has 27 heavy (non-hydrogen) atoms. The molecule has 2 saturated heterocycles. The van der Waals surface area contributed by atoms with Crippen LogP contribution in [0.3, 0.4) is 0 Å². The molecule has 0 unspecified atom stereocenters. The summed E-state index contributed by atoms with van der Waals surface area (Å²) in [5, 5.41) is 7.09. The number of sulfone groups is 1. The minimum absolute atomic E-state index is 0.00122. The Morgan fingerprint density at radius 2 is 1.96 bits per heavy atom. The van der Waals surface area contributed by atoms with Crippen molar-refractivity contribution in [3.63, 3.8) is 0 Å². The zero-order valence-electron chi connectivity index (χ0n) is 14.8. The monoisotopic (exact) mass is 435 g/mol. The molecule has 3 rings (SSSR count). The number of halogens is 2. The van der Waals surface area contributed by atoms with Gasteiger partial charge in [0.05, 0.1) is 34.7 Å². The van der Waals surface area contributed by atoms with E-state index in [0.29, 0.717) is 23.1 Å².